The minimum Gasteiger partial charge on any atom is -0.497 e. The Morgan fingerprint density at radius 3 is 2.50 bits per heavy atom. The Morgan fingerprint density at radius 1 is 1.09 bits per heavy atom. The van der Waals surface area contributed by atoms with Gasteiger partial charge in [-0.15, -0.1) is 0 Å². The van der Waals surface area contributed by atoms with Gasteiger partial charge in [0.25, 0.3) is 0 Å². The van der Waals surface area contributed by atoms with E-state index in [1.165, 1.54) is 19.3 Å². The van der Waals surface area contributed by atoms with Gasteiger partial charge in [0.2, 0.25) is 0 Å². The van der Waals surface area contributed by atoms with Gasteiger partial charge in [0, 0.05) is 18.8 Å². The van der Waals surface area contributed by atoms with E-state index in [1.54, 1.807) is 13.4 Å². The number of rotatable bonds is 4. The molecule has 0 atom stereocenters. The maximum Gasteiger partial charge on any atom is 0.159 e. The van der Waals surface area contributed by atoms with Crippen LogP contribution in [0.2, 0.25) is 0 Å². The Balaban J connectivity index is 1.81. The van der Waals surface area contributed by atoms with Crippen molar-refractivity contribution in [2.24, 2.45) is 0 Å². The van der Waals surface area contributed by atoms with Gasteiger partial charge < -0.3 is 20.7 Å². The molecular formula is C16H21N5O. The smallest absolute Gasteiger partial charge is 0.159 e. The van der Waals surface area contributed by atoms with E-state index in [4.69, 9.17) is 10.5 Å². The number of piperidine rings is 1. The third-order valence-corrected chi connectivity index (χ3v) is 3.87. The molecule has 1 fully saturated rings. The number of aromatic nitrogens is 2. The Kier molecular flexibility index (Phi) is 4.27. The summed E-state index contributed by atoms with van der Waals surface area (Å²) < 4.78 is 5.16. The number of nitrogens with two attached hydrogens (primary N) is 1. The summed E-state index contributed by atoms with van der Waals surface area (Å²) in [4.78, 5) is 10.9. The second-order valence-corrected chi connectivity index (χ2v) is 5.36. The maximum atomic E-state index is 6.26. The number of nitrogens with one attached hydrogen (secondary N) is 1. The van der Waals surface area contributed by atoms with Crippen LogP contribution >= 0.6 is 0 Å². The highest BCUT2D eigenvalue weighted by Gasteiger charge is 2.17. The highest BCUT2D eigenvalue weighted by molar-refractivity contribution is 5.78. The number of nitrogen functional groups attached to an aromatic ring is 1. The molecule has 1 aromatic heterocycles. The summed E-state index contributed by atoms with van der Waals surface area (Å²) in [6.45, 7) is 2.01. The molecule has 3 N–H and O–H groups in total. The summed E-state index contributed by atoms with van der Waals surface area (Å²) in [5, 5.41) is 3.24. The molecule has 0 bridgehead atoms. The lowest BCUT2D eigenvalue weighted by Gasteiger charge is -2.28. The molecule has 1 aliphatic heterocycles. The summed E-state index contributed by atoms with van der Waals surface area (Å²) in [6.07, 6.45) is 5.21. The molecule has 0 radical (unpaired) electrons. The lowest BCUT2D eigenvalue weighted by Crippen LogP contribution is -2.31. The van der Waals surface area contributed by atoms with Gasteiger partial charge in [-0.1, -0.05) is 0 Å². The number of benzene rings is 1. The second-order valence-electron chi connectivity index (χ2n) is 5.36. The van der Waals surface area contributed by atoms with E-state index in [-0.39, 0.29) is 0 Å². The molecular weight excluding hydrogens is 278 g/mol. The van der Waals surface area contributed by atoms with E-state index in [0.717, 1.165) is 30.3 Å². The topological polar surface area (TPSA) is 76.3 Å². The molecule has 3 rings (SSSR count). The highest BCUT2D eigenvalue weighted by Crippen LogP contribution is 2.30. The van der Waals surface area contributed by atoms with Crippen molar-refractivity contribution >= 4 is 23.0 Å². The van der Waals surface area contributed by atoms with Crippen molar-refractivity contribution in [3.8, 4) is 5.75 Å². The summed E-state index contributed by atoms with van der Waals surface area (Å²) in [6, 6.07) is 7.65. The molecule has 2 aromatic rings. The molecule has 0 spiro atoms. The number of hydrogen-bond donors (Lipinski definition) is 2. The van der Waals surface area contributed by atoms with E-state index in [9.17, 15) is 0 Å². The first-order chi connectivity index (χ1) is 10.8. The maximum absolute atomic E-state index is 6.26. The monoisotopic (exact) mass is 299 g/mol. The van der Waals surface area contributed by atoms with Crippen molar-refractivity contribution < 1.29 is 4.74 Å². The zero-order chi connectivity index (χ0) is 15.4. The average molecular weight is 299 g/mol. The second kappa shape index (κ2) is 6.51. The third kappa shape index (κ3) is 3.05. The molecule has 0 aliphatic carbocycles. The third-order valence-electron chi connectivity index (χ3n) is 3.87. The van der Waals surface area contributed by atoms with Crippen LogP contribution in [-0.2, 0) is 0 Å². The van der Waals surface area contributed by atoms with Crippen LogP contribution in [0, 0.1) is 0 Å². The van der Waals surface area contributed by atoms with Gasteiger partial charge in [-0.25, -0.2) is 9.97 Å². The quantitative estimate of drug-likeness (QED) is 0.904. The number of anilines is 4. The number of methoxy groups -OCH3 is 1. The van der Waals surface area contributed by atoms with Gasteiger partial charge in [0.1, 0.15) is 17.8 Å². The SMILES string of the molecule is COc1ccc(Nc2ncnc(N3CCCCC3)c2N)cc1. The van der Waals surface area contributed by atoms with E-state index in [1.807, 2.05) is 24.3 Å². The molecule has 6 heteroatoms. The predicted octanol–water partition coefficient (Wildman–Crippen LogP) is 2.80. The van der Waals surface area contributed by atoms with Crippen LogP contribution in [0.25, 0.3) is 0 Å². The first-order valence-corrected chi connectivity index (χ1v) is 7.54. The van der Waals surface area contributed by atoms with Crippen LogP contribution in [0.15, 0.2) is 30.6 Å². The van der Waals surface area contributed by atoms with Crippen molar-refractivity contribution in [2.45, 2.75) is 19.3 Å². The molecule has 0 saturated carbocycles. The fourth-order valence-electron chi connectivity index (χ4n) is 2.65. The molecule has 1 aromatic carbocycles. The van der Waals surface area contributed by atoms with E-state index < -0.39 is 0 Å². The number of nitrogens with zero attached hydrogens (tertiary/aromatic N) is 3. The Labute approximate surface area is 130 Å². The van der Waals surface area contributed by atoms with Crippen LogP contribution in [0.3, 0.4) is 0 Å². The molecule has 1 saturated heterocycles. The Bertz CT molecular complexity index is 623. The van der Waals surface area contributed by atoms with Crippen molar-refractivity contribution in [2.75, 3.05) is 36.1 Å². The summed E-state index contributed by atoms with van der Waals surface area (Å²) >= 11 is 0. The van der Waals surface area contributed by atoms with Gasteiger partial charge in [-0.05, 0) is 43.5 Å². The fraction of sp³-hybridized carbons (Fsp3) is 0.375. The van der Waals surface area contributed by atoms with E-state index >= 15 is 0 Å². The molecule has 22 heavy (non-hydrogen) atoms. The minimum atomic E-state index is 0.597. The Hall–Kier alpha value is -2.50. The van der Waals surface area contributed by atoms with Gasteiger partial charge in [0.05, 0.1) is 7.11 Å². The first kappa shape index (κ1) is 14.4. The van der Waals surface area contributed by atoms with Crippen molar-refractivity contribution in [1.82, 2.24) is 9.97 Å². The average Bonchev–Trinajstić information content (AvgIpc) is 2.58. The molecule has 6 nitrogen and oxygen atoms in total. The zero-order valence-electron chi connectivity index (χ0n) is 12.7. The minimum absolute atomic E-state index is 0.597. The van der Waals surface area contributed by atoms with E-state index in [0.29, 0.717) is 11.5 Å². The van der Waals surface area contributed by atoms with Crippen LogP contribution in [0.4, 0.5) is 23.0 Å². The van der Waals surface area contributed by atoms with Gasteiger partial charge >= 0.3 is 0 Å². The van der Waals surface area contributed by atoms with Crippen LogP contribution in [-0.4, -0.2) is 30.2 Å². The lowest BCUT2D eigenvalue weighted by atomic mass is 10.1. The summed E-state index contributed by atoms with van der Waals surface area (Å²) in [7, 11) is 1.65. The summed E-state index contributed by atoms with van der Waals surface area (Å²) in [5.74, 6) is 2.28. The van der Waals surface area contributed by atoms with Crippen LogP contribution in [0.5, 0.6) is 5.75 Å². The molecule has 2 heterocycles. The largest absolute Gasteiger partial charge is 0.497 e. The van der Waals surface area contributed by atoms with Crippen LogP contribution in [0.1, 0.15) is 19.3 Å². The lowest BCUT2D eigenvalue weighted by molar-refractivity contribution is 0.415. The molecule has 1 aliphatic rings. The van der Waals surface area contributed by atoms with Gasteiger partial charge in [-0.2, -0.15) is 0 Å². The van der Waals surface area contributed by atoms with Crippen molar-refractivity contribution in [1.29, 1.82) is 0 Å². The molecule has 116 valence electrons. The molecule has 0 amide bonds. The normalized spacial score (nSPS) is 14.7. The fourth-order valence-corrected chi connectivity index (χ4v) is 2.65. The standard InChI is InChI=1S/C16H21N5O/c1-22-13-7-5-12(6-8-13)20-15-14(17)16(19-11-18-15)21-9-3-2-4-10-21/h5-8,11H,2-4,9-10,17H2,1H3,(H,18,19,20). The van der Waals surface area contributed by atoms with Gasteiger partial charge in [0.15, 0.2) is 11.6 Å². The predicted molar refractivity (Wildman–Crippen MR) is 88.8 cm³/mol. The number of hydrogen-bond acceptors (Lipinski definition) is 6. The van der Waals surface area contributed by atoms with Crippen molar-refractivity contribution in [3.63, 3.8) is 0 Å². The highest BCUT2D eigenvalue weighted by atomic mass is 16.5. The van der Waals surface area contributed by atoms with Gasteiger partial charge in [-0.3, -0.25) is 0 Å². The van der Waals surface area contributed by atoms with Crippen molar-refractivity contribution in [3.05, 3.63) is 30.6 Å². The van der Waals surface area contributed by atoms with E-state index in [2.05, 4.69) is 20.2 Å². The molecule has 0 unspecified atom stereocenters. The first-order valence-electron chi connectivity index (χ1n) is 7.54. The Morgan fingerprint density at radius 2 is 1.82 bits per heavy atom. The number of ether oxygens (including phenoxy) is 1. The zero-order valence-corrected chi connectivity index (χ0v) is 12.7. The summed E-state index contributed by atoms with van der Waals surface area (Å²) in [5.41, 5.74) is 7.77. The van der Waals surface area contributed by atoms with Crippen LogP contribution < -0.4 is 20.7 Å².